The third kappa shape index (κ3) is 4.02. The van der Waals surface area contributed by atoms with Gasteiger partial charge >= 0.3 is 0 Å². The number of para-hydroxylation sites is 1. The number of ether oxygens (including phenoxy) is 1. The van der Waals surface area contributed by atoms with Crippen LogP contribution in [0.2, 0.25) is 0 Å². The smallest absolute Gasteiger partial charge is 0.0667 e. The average molecular weight is 237 g/mol. The molecule has 0 aliphatic rings. The summed E-state index contributed by atoms with van der Waals surface area (Å²) in [5, 5.41) is 9.36. The molecule has 2 unspecified atom stereocenters. The van der Waals surface area contributed by atoms with Gasteiger partial charge in [-0.15, -0.1) is 0 Å². The second kappa shape index (κ2) is 7.30. The number of aliphatic hydroxyl groups is 1. The van der Waals surface area contributed by atoms with Crippen LogP contribution in [0.4, 0.5) is 5.69 Å². The molecule has 1 aromatic rings. The van der Waals surface area contributed by atoms with Crippen molar-refractivity contribution in [3.8, 4) is 0 Å². The molecule has 1 rings (SSSR count). The molecule has 0 aliphatic heterocycles. The maximum absolute atomic E-state index is 9.36. The summed E-state index contributed by atoms with van der Waals surface area (Å²) in [4.78, 5) is 2.20. The normalized spacial score (nSPS) is 14.4. The van der Waals surface area contributed by atoms with Gasteiger partial charge in [0, 0.05) is 24.4 Å². The maximum atomic E-state index is 9.36. The zero-order valence-electron chi connectivity index (χ0n) is 11.0. The molecule has 0 aromatic heterocycles. The standard InChI is InChI=1S/C14H23NO2/c1-4-17-11-13(3)15(12(2)10-16)14-8-6-5-7-9-14/h5-9,12-13,16H,4,10-11H2,1-3H3. The van der Waals surface area contributed by atoms with Crippen molar-refractivity contribution in [2.45, 2.75) is 32.9 Å². The summed E-state index contributed by atoms with van der Waals surface area (Å²) >= 11 is 0. The van der Waals surface area contributed by atoms with Crippen LogP contribution in [0.15, 0.2) is 30.3 Å². The molecule has 0 radical (unpaired) electrons. The number of benzene rings is 1. The molecule has 2 atom stereocenters. The summed E-state index contributed by atoms with van der Waals surface area (Å²) in [7, 11) is 0. The van der Waals surface area contributed by atoms with E-state index < -0.39 is 0 Å². The molecular formula is C14H23NO2. The lowest BCUT2D eigenvalue weighted by molar-refractivity contribution is 0.129. The topological polar surface area (TPSA) is 32.7 Å². The lowest BCUT2D eigenvalue weighted by atomic mass is 10.1. The molecule has 3 heteroatoms. The first kappa shape index (κ1) is 14.0. The Morgan fingerprint density at radius 2 is 1.82 bits per heavy atom. The molecule has 0 heterocycles. The number of hydrogen-bond donors (Lipinski definition) is 1. The molecule has 1 aromatic carbocycles. The van der Waals surface area contributed by atoms with Gasteiger partial charge in [0.2, 0.25) is 0 Å². The van der Waals surface area contributed by atoms with Gasteiger partial charge in [-0.3, -0.25) is 0 Å². The number of aliphatic hydroxyl groups excluding tert-OH is 1. The molecule has 0 aliphatic carbocycles. The highest BCUT2D eigenvalue weighted by molar-refractivity contribution is 5.48. The van der Waals surface area contributed by atoms with Crippen molar-refractivity contribution in [1.29, 1.82) is 0 Å². The van der Waals surface area contributed by atoms with Gasteiger partial charge in [0.25, 0.3) is 0 Å². The van der Waals surface area contributed by atoms with Crippen LogP contribution in [-0.4, -0.2) is 37.0 Å². The highest BCUT2D eigenvalue weighted by Gasteiger charge is 2.19. The Balaban J connectivity index is 2.80. The van der Waals surface area contributed by atoms with E-state index in [1.807, 2.05) is 32.0 Å². The number of nitrogens with zero attached hydrogens (tertiary/aromatic N) is 1. The molecule has 1 N–H and O–H groups in total. The minimum absolute atomic E-state index is 0.0906. The first-order valence-corrected chi connectivity index (χ1v) is 6.22. The van der Waals surface area contributed by atoms with Crippen LogP contribution in [0.1, 0.15) is 20.8 Å². The fourth-order valence-corrected chi connectivity index (χ4v) is 2.00. The van der Waals surface area contributed by atoms with Crippen LogP contribution in [-0.2, 0) is 4.74 Å². The van der Waals surface area contributed by atoms with E-state index in [2.05, 4.69) is 24.0 Å². The lowest BCUT2D eigenvalue weighted by Gasteiger charge is -2.35. The zero-order valence-corrected chi connectivity index (χ0v) is 11.0. The fourth-order valence-electron chi connectivity index (χ4n) is 2.00. The predicted molar refractivity (Wildman–Crippen MR) is 71.4 cm³/mol. The van der Waals surface area contributed by atoms with E-state index in [9.17, 15) is 5.11 Å². The first-order valence-electron chi connectivity index (χ1n) is 6.22. The van der Waals surface area contributed by atoms with E-state index >= 15 is 0 Å². The molecular weight excluding hydrogens is 214 g/mol. The first-order chi connectivity index (χ1) is 8.20. The summed E-state index contributed by atoms with van der Waals surface area (Å²) in [6.45, 7) is 7.68. The summed E-state index contributed by atoms with van der Waals surface area (Å²) < 4.78 is 5.47. The summed E-state index contributed by atoms with van der Waals surface area (Å²) in [5.74, 6) is 0. The van der Waals surface area contributed by atoms with Crippen molar-refractivity contribution in [1.82, 2.24) is 0 Å². The van der Waals surface area contributed by atoms with Gasteiger partial charge < -0.3 is 14.7 Å². The SMILES string of the molecule is CCOCC(C)N(c1ccccc1)C(C)CO. The van der Waals surface area contributed by atoms with Gasteiger partial charge in [-0.25, -0.2) is 0 Å². The van der Waals surface area contributed by atoms with Crippen LogP contribution in [0.25, 0.3) is 0 Å². The quantitative estimate of drug-likeness (QED) is 0.790. The predicted octanol–water partition coefficient (Wildman–Crippen LogP) is 2.30. The summed E-state index contributed by atoms with van der Waals surface area (Å²) in [6, 6.07) is 10.5. The number of hydrogen-bond acceptors (Lipinski definition) is 3. The van der Waals surface area contributed by atoms with Crippen molar-refractivity contribution in [2.24, 2.45) is 0 Å². The van der Waals surface area contributed by atoms with Gasteiger partial charge in [0.05, 0.1) is 13.2 Å². The van der Waals surface area contributed by atoms with Crippen LogP contribution < -0.4 is 4.90 Å². The van der Waals surface area contributed by atoms with E-state index in [0.717, 1.165) is 12.3 Å². The Bertz CT molecular complexity index is 302. The highest BCUT2D eigenvalue weighted by Crippen LogP contribution is 2.19. The minimum Gasteiger partial charge on any atom is -0.394 e. The molecule has 96 valence electrons. The number of rotatable bonds is 7. The third-order valence-electron chi connectivity index (χ3n) is 2.83. The second-order valence-corrected chi connectivity index (χ2v) is 4.28. The average Bonchev–Trinajstić information content (AvgIpc) is 2.37. The molecule has 17 heavy (non-hydrogen) atoms. The van der Waals surface area contributed by atoms with Gasteiger partial charge in [-0.05, 0) is 32.9 Å². The summed E-state index contributed by atoms with van der Waals surface area (Å²) in [5.41, 5.74) is 1.13. The Morgan fingerprint density at radius 1 is 1.18 bits per heavy atom. The Morgan fingerprint density at radius 3 is 2.35 bits per heavy atom. The van der Waals surface area contributed by atoms with Crippen molar-refractivity contribution in [2.75, 3.05) is 24.7 Å². The van der Waals surface area contributed by atoms with Crippen molar-refractivity contribution < 1.29 is 9.84 Å². The Labute approximate surface area is 104 Å². The van der Waals surface area contributed by atoms with Crippen molar-refractivity contribution in [3.05, 3.63) is 30.3 Å². The van der Waals surface area contributed by atoms with Gasteiger partial charge in [-0.2, -0.15) is 0 Å². The van der Waals surface area contributed by atoms with Crippen LogP contribution >= 0.6 is 0 Å². The van der Waals surface area contributed by atoms with Crippen LogP contribution in [0.3, 0.4) is 0 Å². The van der Waals surface area contributed by atoms with E-state index in [1.165, 1.54) is 0 Å². The lowest BCUT2D eigenvalue weighted by Crippen LogP contribution is -2.44. The molecule has 0 saturated heterocycles. The molecule has 0 saturated carbocycles. The monoisotopic (exact) mass is 237 g/mol. The molecule has 0 amide bonds. The summed E-state index contributed by atoms with van der Waals surface area (Å²) in [6.07, 6.45) is 0. The van der Waals surface area contributed by atoms with Gasteiger partial charge in [0.15, 0.2) is 0 Å². The van der Waals surface area contributed by atoms with Gasteiger partial charge in [-0.1, -0.05) is 18.2 Å². The third-order valence-corrected chi connectivity index (χ3v) is 2.83. The second-order valence-electron chi connectivity index (χ2n) is 4.28. The van der Waals surface area contributed by atoms with Gasteiger partial charge in [0.1, 0.15) is 0 Å². The highest BCUT2D eigenvalue weighted by atomic mass is 16.5. The number of anilines is 1. The fraction of sp³-hybridized carbons (Fsp3) is 0.571. The van der Waals surface area contributed by atoms with Crippen molar-refractivity contribution >= 4 is 5.69 Å². The Kier molecular flexibility index (Phi) is 6.01. The molecule has 0 bridgehead atoms. The minimum atomic E-state index is 0.0906. The Hall–Kier alpha value is -1.06. The molecule has 3 nitrogen and oxygen atoms in total. The molecule has 0 spiro atoms. The maximum Gasteiger partial charge on any atom is 0.0667 e. The van der Waals surface area contributed by atoms with E-state index in [4.69, 9.17) is 4.74 Å². The van der Waals surface area contributed by atoms with E-state index in [0.29, 0.717) is 6.61 Å². The van der Waals surface area contributed by atoms with Crippen molar-refractivity contribution in [3.63, 3.8) is 0 Å². The zero-order chi connectivity index (χ0) is 12.7. The largest absolute Gasteiger partial charge is 0.394 e. The van der Waals surface area contributed by atoms with Crippen LogP contribution in [0, 0.1) is 0 Å². The van der Waals surface area contributed by atoms with Crippen LogP contribution in [0.5, 0.6) is 0 Å². The van der Waals surface area contributed by atoms with E-state index in [1.54, 1.807) is 0 Å². The molecule has 0 fully saturated rings. The van der Waals surface area contributed by atoms with E-state index in [-0.39, 0.29) is 18.7 Å².